The summed E-state index contributed by atoms with van der Waals surface area (Å²) in [7, 11) is 1.25. The number of nitrogen functional groups attached to an aromatic ring is 1. The van der Waals surface area contributed by atoms with Gasteiger partial charge in [0.15, 0.2) is 10.8 Å². The molecule has 5 rings (SSSR count). The number of nitrogens with zero attached hydrogens (tertiary/aromatic N) is 3. The van der Waals surface area contributed by atoms with Crippen molar-refractivity contribution in [3.8, 4) is 0 Å². The number of benzene rings is 1. The van der Waals surface area contributed by atoms with Gasteiger partial charge in [0, 0.05) is 16.7 Å². The number of amides is 2. The number of rotatable bonds is 7. The Bertz CT molecular complexity index is 1530. The number of nitrogens with one attached hydrogen (secondary N) is 1. The standard InChI is InChI=1S/C25H21N5O7S2.Na/c1-11-15(37-24(35)16(11)12-6-4-3-5-7-12)8-13-9-38-22-18(21(32)30(22)19(13)23(33)34)28-20(31)17(29-36-2)14-10-39-25(26)27-14;/h3-8,10,18,22H,9H2,1-2H3,(H2,26,27)(H,28,31)(H,33,34);/q;+1/p-1/b15-8+,29-17-;/t18-,22+;/m1./s1. The van der Waals surface area contributed by atoms with E-state index in [1.807, 2.05) is 6.07 Å². The average Bonchev–Trinajstić information content (AvgIpc) is 3.47. The predicted molar refractivity (Wildman–Crippen MR) is 140 cm³/mol. The molecule has 2 atom stereocenters. The molecule has 40 heavy (non-hydrogen) atoms. The fraction of sp³-hybridized carbons (Fsp3) is 0.200. The van der Waals surface area contributed by atoms with Gasteiger partial charge in [-0.1, -0.05) is 35.5 Å². The van der Waals surface area contributed by atoms with Crippen LogP contribution in [0.3, 0.4) is 0 Å². The molecule has 0 unspecified atom stereocenters. The molecular weight excluding hydrogens is 569 g/mol. The molecule has 3 N–H and O–H groups in total. The van der Waals surface area contributed by atoms with Gasteiger partial charge in [-0.3, -0.25) is 14.5 Å². The minimum absolute atomic E-state index is 0. The van der Waals surface area contributed by atoms with Crippen LogP contribution in [0.5, 0.6) is 0 Å². The molecule has 200 valence electrons. The molecule has 0 spiro atoms. The topological polar surface area (TPSA) is 176 Å². The second kappa shape index (κ2) is 12.0. The Morgan fingerprint density at radius 1 is 1.30 bits per heavy atom. The Hall–Kier alpha value is -3.43. The Morgan fingerprint density at radius 3 is 2.65 bits per heavy atom. The van der Waals surface area contributed by atoms with E-state index in [9.17, 15) is 24.3 Å². The van der Waals surface area contributed by atoms with Gasteiger partial charge in [-0.25, -0.2) is 9.78 Å². The number of anilines is 1. The van der Waals surface area contributed by atoms with Gasteiger partial charge in [0.25, 0.3) is 11.8 Å². The molecule has 0 aliphatic carbocycles. The minimum atomic E-state index is -1.57. The van der Waals surface area contributed by atoms with E-state index in [0.717, 1.165) is 16.2 Å². The smallest absolute Gasteiger partial charge is 0.543 e. The van der Waals surface area contributed by atoms with Gasteiger partial charge < -0.3 is 30.5 Å². The quantitative estimate of drug-likeness (QED) is 0.114. The first kappa shape index (κ1) is 29.6. The van der Waals surface area contributed by atoms with Crippen LogP contribution in [0.2, 0.25) is 0 Å². The molecule has 15 heteroatoms. The third kappa shape index (κ3) is 5.32. The summed E-state index contributed by atoms with van der Waals surface area (Å²) in [6.07, 6.45) is 1.44. The van der Waals surface area contributed by atoms with Crippen LogP contribution in [0.1, 0.15) is 18.2 Å². The second-order valence-electron chi connectivity index (χ2n) is 8.48. The molecule has 1 aromatic heterocycles. The van der Waals surface area contributed by atoms with E-state index in [2.05, 4.69) is 15.5 Å². The number of hydrogen-bond acceptors (Lipinski definition) is 12. The van der Waals surface area contributed by atoms with E-state index < -0.39 is 35.2 Å². The largest absolute Gasteiger partial charge is 1.00 e. The number of allylic oxidation sites excluding steroid dienone is 2. The zero-order valence-electron chi connectivity index (χ0n) is 21.5. The number of carbonyl (C=O) groups excluding carboxylic acids is 4. The van der Waals surface area contributed by atoms with Crippen molar-refractivity contribution in [2.45, 2.75) is 18.3 Å². The molecule has 2 amide bonds. The first-order chi connectivity index (χ1) is 18.7. The summed E-state index contributed by atoms with van der Waals surface area (Å²) < 4.78 is 5.44. The zero-order valence-corrected chi connectivity index (χ0v) is 25.1. The van der Waals surface area contributed by atoms with Crippen LogP contribution in [0.15, 0.2) is 69.5 Å². The van der Waals surface area contributed by atoms with E-state index >= 15 is 0 Å². The van der Waals surface area contributed by atoms with Gasteiger partial charge in [-0.05, 0) is 24.1 Å². The molecule has 2 aromatic rings. The number of aromatic nitrogens is 1. The number of hydrogen-bond donors (Lipinski definition) is 2. The molecule has 1 fully saturated rings. The maximum atomic E-state index is 13.1. The molecule has 3 aliphatic heterocycles. The Balaban J connectivity index is 0.00000370. The van der Waals surface area contributed by atoms with E-state index in [0.29, 0.717) is 16.7 Å². The van der Waals surface area contributed by atoms with Crippen molar-refractivity contribution in [2.24, 2.45) is 5.16 Å². The number of β-lactam (4-membered cyclic amide) rings is 1. The fourth-order valence-electron chi connectivity index (χ4n) is 4.38. The van der Waals surface area contributed by atoms with Crippen LogP contribution in [0.25, 0.3) is 5.57 Å². The monoisotopic (exact) mass is 589 g/mol. The van der Waals surface area contributed by atoms with Crippen molar-refractivity contribution in [1.82, 2.24) is 15.2 Å². The van der Waals surface area contributed by atoms with Crippen molar-refractivity contribution in [2.75, 3.05) is 18.6 Å². The average molecular weight is 590 g/mol. The number of aliphatic carboxylic acids is 1. The summed E-state index contributed by atoms with van der Waals surface area (Å²) >= 11 is 2.34. The molecule has 3 aliphatic rings. The van der Waals surface area contributed by atoms with Crippen LogP contribution in [0.4, 0.5) is 5.13 Å². The SMILES string of the molecule is CO/N=C(\C(=O)N[C@@H]1C(=O)N2C(C(=O)[O-])=C(/C=C3/OC(=O)C(c4ccccc4)=C3C)CS[C@@H]12)c1csc(N)n1.[Na+]. The van der Waals surface area contributed by atoms with Crippen LogP contribution in [0, 0.1) is 0 Å². The van der Waals surface area contributed by atoms with E-state index in [-0.39, 0.29) is 68.9 Å². The van der Waals surface area contributed by atoms with Gasteiger partial charge in [0.1, 0.15) is 30.0 Å². The van der Waals surface area contributed by atoms with Crippen LogP contribution < -0.4 is 45.7 Å². The van der Waals surface area contributed by atoms with Crippen molar-refractivity contribution in [3.05, 3.63) is 75.6 Å². The molecule has 1 aromatic carbocycles. The summed E-state index contributed by atoms with van der Waals surface area (Å²) in [6, 6.07) is 7.92. The summed E-state index contributed by atoms with van der Waals surface area (Å²) in [4.78, 5) is 60.5. The van der Waals surface area contributed by atoms with Crippen molar-refractivity contribution in [1.29, 1.82) is 0 Å². The molecule has 1 saturated heterocycles. The summed E-state index contributed by atoms with van der Waals surface area (Å²) in [5.74, 6) is -3.17. The Morgan fingerprint density at radius 2 is 2.02 bits per heavy atom. The van der Waals surface area contributed by atoms with Crippen molar-refractivity contribution in [3.63, 3.8) is 0 Å². The van der Waals surface area contributed by atoms with Gasteiger partial charge in [0.05, 0.1) is 17.2 Å². The number of nitrogens with two attached hydrogens (primary N) is 1. The predicted octanol–water partition coefficient (Wildman–Crippen LogP) is -2.60. The molecule has 0 radical (unpaired) electrons. The summed E-state index contributed by atoms with van der Waals surface area (Å²) in [6.45, 7) is 1.70. The number of thioether (sulfide) groups is 1. The van der Waals surface area contributed by atoms with E-state index in [1.54, 1.807) is 31.2 Å². The molecule has 12 nitrogen and oxygen atoms in total. The first-order valence-corrected chi connectivity index (χ1v) is 13.4. The second-order valence-corrected chi connectivity index (χ2v) is 10.5. The maximum Gasteiger partial charge on any atom is 1.00 e. The van der Waals surface area contributed by atoms with Gasteiger partial charge in [-0.2, -0.15) is 0 Å². The molecule has 4 heterocycles. The third-order valence-corrected chi connectivity index (χ3v) is 8.14. The zero-order chi connectivity index (χ0) is 27.8. The third-order valence-electron chi connectivity index (χ3n) is 6.16. The summed E-state index contributed by atoms with van der Waals surface area (Å²) in [5, 5.41) is 19.5. The maximum absolute atomic E-state index is 13.1. The summed E-state index contributed by atoms with van der Waals surface area (Å²) in [5.41, 5.74) is 7.10. The number of esters is 1. The van der Waals surface area contributed by atoms with Crippen LogP contribution >= 0.6 is 23.1 Å². The minimum Gasteiger partial charge on any atom is -0.543 e. The van der Waals surface area contributed by atoms with E-state index in [4.69, 9.17) is 15.3 Å². The number of ether oxygens (including phenoxy) is 1. The van der Waals surface area contributed by atoms with Crippen molar-refractivity contribution < 1.29 is 63.4 Å². The number of cyclic esters (lactones) is 1. The first-order valence-electron chi connectivity index (χ1n) is 11.4. The number of fused-ring (bicyclic) bond motifs is 1. The molecular formula is C25H20N5NaO7S2. The number of oxime groups is 1. The number of carbonyl (C=O) groups is 4. The number of carboxylic acid groups (broad SMARTS) is 1. The van der Waals surface area contributed by atoms with Gasteiger partial charge in [-0.15, -0.1) is 23.1 Å². The van der Waals surface area contributed by atoms with Crippen molar-refractivity contribution >= 4 is 63.3 Å². The number of thiazole rings is 1. The van der Waals surface area contributed by atoms with Gasteiger partial charge in [0.2, 0.25) is 0 Å². The van der Waals surface area contributed by atoms with Gasteiger partial charge >= 0.3 is 35.5 Å². The number of carboxylic acids is 1. The Kier molecular flexibility index (Phi) is 8.85. The fourth-order valence-corrected chi connectivity index (χ4v) is 6.24. The Labute approximate surface area is 258 Å². The normalized spacial score (nSPS) is 21.5. The van der Waals surface area contributed by atoms with E-state index in [1.165, 1.54) is 30.3 Å². The molecule has 0 saturated carbocycles. The van der Waals surface area contributed by atoms with Crippen LogP contribution in [-0.2, 0) is 28.8 Å². The molecule has 0 bridgehead atoms. The van der Waals surface area contributed by atoms with Crippen LogP contribution in [-0.4, -0.2) is 63.6 Å².